The minimum absolute atomic E-state index is 0.0944. The highest BCUT2D eigenvalue weighted by Gasteiger charge is 2.23. The van der Waals surface area contributed by atoms with E-state index in [4.69, 9.17) is 19.8 Å². The number of hydrogen-bond donors (Lipinski definition) is 3. The lowest BCUT2D eigenvalue weighted by molar-refractivity contribution is -0.135. The van der Waals surface area contributed by atoms with E-state index in [0.29, 0.717) is 44.2 Å². The van der Waals surface area contributed by atoms with Crippen molar-refractivity contribution in [2.75, 3.05) is 44.2 Å². The molecule has 2 aliphatic heterocycles. The van der Waals surface area contributed by atoms with E-state index < -0.39 is 23.6 Å². The number of carboxylic acids is 2. The fourth-order valence-electron chi connectivity index (χ4n) is 4.24. The first-order valence-electron chi connectivity index (χ1n) is 12.2. The van der Waals surface area contributed by atoms with Gasteiger partial charge in [-0.05, 0) is 55.1 Å². The molecule has 10 heteroatoms. The van der Waals surface area contributed by atoms with E-state index in [1.807, 2.05) is 9.80 Å². The Morgan fingerprint density at radius 3 is 2.00 bits per heavy atom. The SMILES string of the molecule is CC(=O)O.CC(=O)O.O=C(Cc1ccc(CC2CCNC2)cc1)N1CCN(c2ccc(F)cc2F)CC1. The molecule has 2 aromatic carbocycles. The van der Waals surface area contributed by atoms with Crippen LogP contribution in [0.2, 0.25) is 0 Å². The molecule has 2 saturated heterocycles. The Balaban J connectivity index is 0.000000530. The molecule has 0 spiro atoms. The van der Waals surface area contributed by atoms with Gasteiger partial charge in [-0.2, -0.15) is 0 Å². The predicted octanol–water partition coefficient (Wildman–Crippen LogP) is 3.19. The number of carboxylic acid groups (broad SMARTS) is 2. The molecule has 1 unspecified atom stereocenters. The summed E-state index contributed by atoms with van der Waals surface area (Å²) in [5.74, 6) is -1.99. The second kappa shape index (κ2) is 14.9. The molecule has 2 aliphatic rings. The van der Waals surface area contributed by atoms with Crippen molar-refractivity contribution in [2.24, 2.45) is 5.92 Å². The van der Waals surface area contributed by atoms with Crippen LogP contribution in [0.5, 0.6) is 0 Å². The molecule has 1 amide bonds. The number of hydrogen-bond acceptors (Lipinski definition) is 5. The van der Waals surface area contributed by atoms with Crippen molar-refractivity contribution in [2.45, 2.75) is 33.1 Å². The van der Waals surface area contributed by atoms with E-state index in [1.54, 1.807) is 0 Å². The van der Waals surface area contributed by atoms with Crippen LogP contribution in [0.1, 0.15) is 31.4 Å². The number of halogens is 2. The molecule has 8 nitrogen and oxygen atoms in total. The summed E-state index contributed by atoms with van der Waals surface area (Å²) < 4.78 is 27.1. The van der Waals surface area contributed by atoms with Gasteiger partial charge in [-0.25, -0.2) is 8.78 Å². The summed E-state index contributed by atoms with van der Waals surface area (Å²) in [5.41, 5.74) is 2.74. The fraction of sp³-hybridized carbons (Fsp3) is 0.444. The van der Waals surface area contributed by atoms with E-state index in [0.717, 1.165) is 45.0 Å². The minimum Gasteiger partial charge on any atom is -0.481 e. The Bertz CT molecular complexity index is 1010. The normalized spacial score (nSPS) is 16.7. The molecule has 2 heterocycles. The molecule has 0 radical (unpaired) electrons. The molecule has 3 N–H and O–H groups in total. The van der Waals surface area contributed by atoms with Crippen LogP contribution in [-0.2, 0) is 27.2 Å². The summed E-state index contributed by atoms with van der Waals surface area (Å²) in [5, 5.41) is 18.2. The van der Waals surface area contributed by atoms with Gasteiger partial charge in [0.05, 0.1) is 12.1 Å². The monoisotopic (exact) mass is 519 g/mol. The molecule has 2 aromatic rings. The van der Waals surface area contributed by atoms with Crippen molar-refractivity contribution in [3.05, 3.63) is 65.2 Å². The number of carbonyl (C=O) groups is 3. The van der Waals surface area contributed by atoms with Gasteiger partial charge in [0, 0.05) is 46.1 Å². The zero-order valence-electron chi connectivity index (χ0n) is 21.3. The van der Waals surface area contributed by atoms with Crippen molar-refractivity contribution < 1.29 is 33.4 Å². The Kier molecular flexibility index (Phi) is 12.0. The smallest absolute Gasteiger partial charge is 0.300 e. The number of aliphatic carboxylic acids is 2. The molecule has 202 valence electrons. The fourth-order valence-corrected chi connectivity index (χ4v) is 4.24. The molecular formula is C27H35F2N3O5. The first kappa shape index (κ1) is 29.7. The van der Waals surface area contributed by atoms with Crippen LogP contribution in [0, 0.1) is 17.6 Å². The van der Waals surface area contributed by atoms with Crippen LogP contribution < -0.4 is 10.2 Å². The van der Waals surface area contributed by atoms with Gasteiger partial charge >= 0.3 is 0 Å². The third kappa shape index (κ3) is 10.9. The zero-order chi connectivity index (χ0) is 27.4. The summed E-state index contributed by atoms with van der Waals surface area (Å²) in [6.07, 6.45) is 2.70. The van der Waals surface area contributed by atoms with Gasteiger partial charge in [-0.15, -0.1) is 0 Å². The summed E-state index contributed by atoms with van der Waals surface area (Å²) in [6.45, 7) is 6.54. The highest BCUT2D eigenvalue weighted by atomic mass is 19.1. The Hall–Kier alpha value is -3.53. The molecule has 0 saturated carbocycles. The Morgan fingerprint density at radius 2 is 1.49 bits per heavy atom. The number of benzene rings is 2. The Morgan fingerprint density at radius 1 is 0.919 bits per heavy atom. The molecule has 1 atom stereocenters. The van der Waals surface area contributed by atoms with Gasteiger partial charge in [0.2, 0.25) is 5.91 Å². The quantitative estimate of drug-likeness (QED) is 0.557. The summed E-state index contributed by atoms with van der Waals surface area (Å²) in [6, 6.07) is 12.0. The third-order valence-electron chi connectivity index (χ3n) is 5.95. The van der Waals surface area contributed by atoms with Crippen molar-refractivity contribution in [1.82, 2.24) is 10.2 Å². The van der Waals surface area contributed by atoms with Gasteiger partial charge < -0.3 is 25.3 Å². The largest absolute Gasteiger partial charge is 0.481 e. The van der Waals surface area contributed by atoms with Gasteiger partial charge in [-0.3, -0.25) is 14.4 Å². The standard InChI is InChI=1S/C23H27F2N3O.2C2H4O2/c24-20-5-6-22(21(25)15-20)27-9-11-28(12-10-27)23(29)14-18-3-1-17(2-4-18)13-19-7-8-26-16-19;2*1-2(3)4/h1-6,15,19,26H,7-14,16H2;2*1H3,(H,3,4). The van der Waals surface area contributed by atoms with Gasteiger partial charge in [0.1, 0.15) is 11.6 Å². The molecule has 0 aromatic heterocycles. The average molecular weight is 520 g/mol. The van der Waals surface area contributed by atoms with Crippen LogP contribution in [0.3, 0.4) is 0 Å². The highest BCUT2D eigenvalue weighted by molar-refractivity contribution is 5.79. The second-order valence-electron chi connectivity index (χ2n) is 9.06. The molecule has 2 fully saturated rings. The maximum absolute atomic E-state index is 14.0. The van der Waals surface area contributed by atoms with Crippen LogP contribution >= 0.6 is 0 Å². The van der Waals surface area contributed by atoms with E-state index in [1.165, 1.54) is 24.1 Å². The van der Waals surface area contributed by atoms with Crippen LogP contribution in [0.4, 0.5) is 14.5 Å². The number of anilines is 1. The Labute approximate surface area is 215 Å². The summed E-state index contributed by atoms with van der Waals surface area (Å²) in [7, 11) is 0. The molecular weight excluding hydrogens is 484 g/mol. The molecule has 0 aliphatic carbocycles. The molecule has 4 rings (SSSR count). The number of amides is 1. The predicted molar refractivity (Wildman–Crippen MR) is 137 cm³/mol. The first-order valence-corrected chi connectivity index (χ1v) is 12.2. The lowest BCUT2D eigenvalue weighted by Crippen LogP contribution is -2.49. The number of carbonyl (C=O) groups excluding carboxylic acids is 1. The van der Waals surface area contributed by atoms with Crippen molar-refractivity contribution >= 4 is 23.5 Å². The number of piperazine rings is 1. The molecule has 37 heavy (non-hydrogen) atoms. The van der Waals surface area contributed by atoms with Gasteiger partial charge in [-0.1, -0.05) is 24.3 Å². The maximum Gasteiger partial charge on any atom is 0.300 e. The van der Waals surface area contributed by atoms with Crippen molar-refractivity contribution in [1.29, 1.82) is 0 Å². The van der Waals surface area contributed by atoms with Crippen molar-refractivity contribution in [3.63, 3.8) is 0 Å². The average Bonchev–Trinajstić information content (AvgIpc) is 3.33. The second-order valence-corrected chi connectivity index (χ2v) is 9.06. The minimum atomic E-state index is -0.833. The number of nitrogens with zero attached hydrogens (tertiary/aromatic N) is 2. The van der Waals surface area contributed by atoms with Crippen LogP contribution in [-0.4, -0.2) is 72.2 Å². The van der Waals surface area contributed by atoms with Crippen molar-refractivity contribution in [3.8, 4) is 0 Å². The lowest BCUT2D eigenvalue weighted by Gasteiger charge is -2.36. The van der Waals surface area contributed by atoms with E-state index in [2.05, 4.69) is 29.6 Å². The van der Waals surface area contributed by atoms with Crippen LogP contribution in [0.15, 0.2) is 42.5 Å². The number of nitrogens with one attached hydrogen (secondary N) is 1. The number of rotatable bonds is 5. The van der Waals surface area contributed by atoms with Crippen LogP contribution in [0.25, 0.3) is 0 Å². The third-order valence-corrected chi connectivity index (χ3v) is 5.95. The van der Waals surface area contributed by atoms with E-state index in [-0.39, 0.29) is 5.91 Å². The first-order chi connectivity index (χ1) is 17.5. The summed E-state index contributed by atoms with van der Waals surface area (Å²) in [4.78, 5) is 34.4. The summed E-state index contributed by atoms with van der Waals surface area (Å²) >= 11 is 0. The van der Waals surface area contributed by atoms with E-state index >= 15 is 0 Å². The topological polar surface area (TPSA) is 110 Å². The lowest BCUT2D eigenvalue weighted by atomic mass is 9.97. The van der Waals surface area contributed by atoms with Gasteiger partial charge in [0.25, 0.3) is 11.9 Å². The molecule has 0 bridgehead atoms. The highest BCUT2D eigenvalue weighted by Crippen LogP contribution is 2.22. The van der Waals surface area contributed by atoms with E-state index in [9.17, 15) is 13.6 Å². The van der Waals surface area contributed by atoms with Gasteiger partial charge in [0.15, 0.2) is 0 Å². The zero-order valence-corrected chi connectivity index (χ0v) is 21.3. The maximum atomic E-state index is 14.0.